The van der Waals surface area contributed by atoms with Crippen molar-refractivity contribution >= 4 is 0 Å². The molecule has 3 fully saturated rings. The number of ether oxygens (including phenoxy) is 3. The first-order chi connectivity index (χ1) is 18.6. The summed E-state index contributed by atoms with van der Waals surface area (Å²) in [6.07, 6.45) is 7.27. The summed E-state index contributed by atoms with van der Waals surface area (Å²) in [6, 6.07) is 27.7. The molecule has 3 aromatic rings. The van der Waals surface area contributed by atoms with Gasteiger partial charge in [0.1, 0.15) is 17.1 Å². The molecule has 3 aliphatic heterocycles. The molecule has 4 atom stereocenters. The fourth-order valence-corrected chi connectivity index (χ4v) is 6.91. The van der Waals surface area contributed by atoms with Gasteiger partial charge in [0, 0.05) is 25.0 Å². The summed E-state index contributed by atoms with van der Waals surface area (Å²) in [5.41, 5.74) is 2.04. The molecule has 0 saturated carbocycles. The lowest BCUT2D eigenvalue weighted by Crippen LogP contribution is -2.49. The highest BCUT2D eigenvalue weighted by molar-refractivity contribution is 5.43. The minimum absolute atomic E-state index is 0.104. The van der Waals surface area contributed by atoms with E-state index in [0.29, 0.717) is 12.1 Å². The van der Waals surface area contributed by atoms with Crippen LogP contribution < -0.4 is 9.47 Å². The van der Waals surface area contributed by atoms with Crippen molar-refractivity contribution in [3.05, 3.63) is 95.6 Å². The van der Waals surface area contributed by atoms with Crippen molar-refractivity contribution in [1.29, 1.82) is 0 Å². The van der Waals surface area contributed by atoms with E-state index in [1.807, 2.05) is 48.5 Å². The average Bonchev–Trinajstić information content (AvgIpc) is 3.19. The van der Waals surface area contributed by atoms with Gasteiger partial charge in [0.05, 0.1) is 13.7 Å². The second-order valence-corrected chi connectivity index (χ2v) is 11.1. The van der Waals surface area contributed by atoms with Crippen LogP contribution in [0, 0.1) is 5.92 Å². The lowest BCUT2D eigenvalue weighted by molar-refractivity contribution is -0.105. The molecule has 6 rings (SSSR count). The molecule has 1 N–H and O–H groups in total. The van der Waals surface area contributed by atoms with Gasteiger partial charge in [-0.3, -0.25) is 4.90 Å². The van der Waals surface area contributed by atoms with E-state index in [4.69, 9.17) is 14.2 Å². The number of methoxy groups -OCH3 is 1. The molecule has 0 spiro atoms. The van der Waals surface area contributed by atoms with Crippen LogP contribution in [0.4, 0.5) is 0 Å². The fraction of sp³-hybridized carbons (Fsp3) is 0.455. The summed E-state index contributed by atoms with van der Waals surface area (Å²) in [4.78, 5) is 2.68. The van der Waals surface area contributed by atoms with Gasteiger partial charge in [-0.2, -0.15) is 0 Å². The summed E-state index contributed by atoms with van der Waals surface area (Å²) in [7, 11) is 1.68. The maximum atomic E-state index is 12.7. The van der Waals surface area contributed by atoms with Crippen molar-refractivity contribution in [3.63, 3.8) is 0 Å². The Bertz CT molecular complexity index is 1180. The van der Waals surface area contributed by atoms with E-state index in [1.54, 1.807) is 7.11 Å². The predicted molar refractivity (Wildman–Crippen MR) is 148 cm³/mol. The van der Waals surface area contributed by atoms with Gasteiger partial charge in [-0.15, -0.1) is 0 Å². The van der Waals surface area contributed by atoms with E-state index >= 15 is 0 Å². The standard InChI is InChI=1S/C33H39NO4/c1-36-31-11-7-10-26(22-31)33(35,25-13-17-30(18-14-25)38-32-12-5-6-19-37-32)27-20-28-15-16-29(21-27)34(28)23-24-8-3-2-4-9-24/h2-4,7-11,13-14,17-18,22,27-29,32,35H,5-6,12,15-16,19-21,23H2,1H3. The van der Waals surface area contributed by atoms with Crippen LogP contribution in [0.1, 0.15) is 61.6 Å². The number of rotatable bonds is 8. The molecular formula is C33H39NO4. The quantitative estimate of drug-likeness (QED) is 0.384. The van der Waals surface area contributed by atoms with Crippen molar-refractivity contribution in [2.45, 2.75) is 75.5 Å². The van der Waals surface area contributed by atoms with Gasteiger partial charge in [-0.25, -0.2) is 0 Å². The summed E-state index contributed by atoms with van der Waals surface area (Å²) in [5, 5.41) is 12.7. The molecule has 2 bridgehead atoms. The third kappa shape index (κ3) is 5.07. The topological polar surface area (TPSA) is 51.2 Å². The van der Waals surface area contributed by atoms with Gasteiger partial charge in [0.25, 0.3) is 0 Å². The summed E-state index contributed by atoms with van der Waals surface area (Å²) < 4.78 is 17.4. The van der Waals surface area contributed by atoms with Crippen molar-refractivity contribution in [3.8, 4) is 11.5 Å². The molecule has 0 radical (unpaired) electrons. The van der Waals surface area contributed by atoms with Crippen molar-refractivity contribution in [1.82, 2.24) is 4.90 Å². The minimum Gasteiger partial charge on any atom is -0.497 e. The third-order valence-corrected chi connectivity index (χ3v) is 8.89. The zero-order valence-electron chi connectivity index (χ0n) is 22.3. The lowest BCUT2D eigenvalue weighted by atomic mass is 9.70. The van der Waals surface area contributed by atoms with Gasteiger partial charge in [0.15, 0.2) is 6.29 Å². The Morgan fingerprint density at radius 2 is 1.61 bits per heavy atom. The second-order valence-electron chi connectivity index (χ2n) is 11.1. The first-order valence-electron chi connectivity index (χ1n) is 14.2. The van der Waals surface area contributed by atoms with Crippen molar-refractivity contribution < 1.29 is 19.3 Å². The number of piperidine rings is 1. The summed E-state index contributed by atoms with van der Waals surface area (Å²) >= 11 is 0. The number of aliphatic hydroxyl groups is 1. The zero-order chi connectivity index (χ0) is 26.0. The van der Waals surface area contributed by atoms with Crippen LogP contribution in [-0.4, -0.2) is 42.1 Å². The van der Waals surface area contributed by atoms with E-state index in [2.05, 4.69) is 35.2 Å². The highest BCUT2D eigenvalue weighted by Crippen LogP contribution is 2.49. The van der Waals surface area contributed by atoms with Crippen LogP contribution in [0.3, 0.4) is 0 Å². The molecule has 0 amide bonds. The molecular weight excluding hydrogens is 474 g/mol. The smallest absolute Gasteiger partial charge is 0.199 e. The van der Waals surface area contributed by atoms with Gasteiger partial charge in [-0.1, -0.05) is 54.6 Å². The number of fused-ring (bicyclic) bond motifs is 2. The highest BCUT2D eigenvalue weighted by Gasteiger charge is 2.49. The molecule has 38 heavy (non-hydrogen) atoms. The zero-order valence-corrected chi connectivity index (χ0v) is 22.3. The van der Waals surface area contributed by atoms with Crippen molar-refractivity contribution in [2.75, 3.05) is 13.7 Å². The van der Waals surface area contributed by atoms with E-state index in [0.717, 1.165) is 67.9 Å². The molecule has 0 aromatic heterocycles. The van der Waals surface area contributed by atoms with Gasteiger partial charge in [-0.05, 0) is 85.4 Å². The van der Waals surface area contributed by atoms with E-state index in [9.17, 15) is 5.11 Å². The van der Waals surface area contributed by atoms with Gasteiger partial charge in [0.2, 0.25) is 0 Å². The van der Waals surface area contributed by atoms with Crippen molar-refractivity contribution in [2.24, 2.45) is 5.92 Å². The van der Waals surface area contributed by atoms with E-state index in [1.165, 1.54) is 18.4 Å². The first kappa shape index (κ1) is 25.4. The number of benzene rings is 3. The largest absolute Gasteiger partial charge is 0.497 e. The molecule has 3 heterocycles. The van der Waals surface area contributed by atoms with Crippen LogP contribution in [0.5, 0.6) is 11.5 Å². The number of hydrogen-bond acceptors (Lipinski definition) is 5. The Morgan fingerprint density at radius 1 is 0.842 bits per heavy atom. The molecule has 200 valence electrons. The monoisotopic (exact) mass is 513 g/mol. The Morgan fingerprint density at radius 3 is 2.29 bits per heavy atom. The van der Waals surface area contributed by atoms with Crippen LogP contribution >= 0.6 is 0 Å². The molecule has 0 aliphatic carbocycles. The summed E-state index contributed by atoms with van der Waals surface area (Å²) in [6.45, 7) is 1.74. The molecule has 5 heteroatoms. The van der Waals surface area contributed by atoms with E-state index < -0.39 is 5.60 Å². The van der Waals surface area contributed by atoms with Crippen LogP contribution in [0.25, 0.3) is 0 Å². The molecule has 5 nitrogen and oxygen atoms in total. The maximum Gasteiger partial charge on any atom is 0.199 e. The fourth-order valence-electron chi connectivity index (χ4n) is 6.91. The Kier molecular flexibility index (Phi) is 7.42. The van der Waals surface area contributed by atoms with E-state index in [-0.39, 0.29) is 12.2 Å². The molecule has 3 aliphatic rings. The minimum atomic E-state index is -1.12. The van der Waals surface area contributed by atoms with Crippen LogP contribution in [0.15, 0.2) is 78.9 Å². The second kappa shape index (κ2) is 11.1. The van der Waals surface area contributed by atoms with Gasteiger partial charge < -0.3 is 19.3 Å². The molecule has 4 unspecified atom stereocenters. The van der Waals surface area contributed by atoms with Crippen LogP contribution in [-0.2, 0) is 16.9 Å². The summed E-state index contributed by atoms with van der Waals surface area (Å²) in [5.74, 6) is 1.65. The normalized spacial score (nSPS) is 27.0. The number of nitrogens with zero attached hydrogens (tertiary/aromatic N) is 1. The predicted octanol–water partition coefficient (Wildman–Crippen LogP) is 6.28. The molecule has 3 aromatic carbocycles. The SMILES string of the molecule is COc1cccc(C(O)(c2ccc(OC3CCCCO3)cc2)C2CC3CCC(C2)N3Cc2ccccc2)c1. The Balaban J connectivity index is 1.28. The Labute approximate surface area is 226 Å². The number of hydrogen-bond donors (Lipinski definition) is 1. The first-order valence-corrected chi connectivity index (χ1v) is 14.2. The molecule has 3 saturated heterocycles. The average molecular weight is 514 g/mol. The lowest BCUT2D eigenvalue weighted by Gasteiger charge is -2.46. The Hall–Kier alpha value is -2.86. The highest BCUT2D eigenvalue weighted by atomic mass is 16.7. The van der Waals surface area contributed by atoms with Crippen LogP contribution in [0.2, 0.25) is 0 Å². The third-order valence-electron chi connectivity index (χ3n) is 8.89. The maximum absolute atomic E-state index is 12.7. The van der Waals surface area contributed by atoms with Gasteiger partial charge >= 0.3 is 0 Å².